The van der Waals surface area contributed by atoms with Gasteiger partial charge in [-0.2, -0.15) is 0 Å². The van der Waals surface area contributed by atoms with E-state index in [2.05, 4.69) is 14.4 Å². The van der Waals surface area contributed by atoms with Crippen molar-refractivity contribution in [3.05, 3.63) is 23.7 Å². The van der Waals surface area contributed by atoms with Crippen LogP contribution in [0.3, 0.4) is 0 Å². The lowest BCUT2D eigenvalue weighted by molar-refractivity contribution is -0.154. The number of sulfonamides is 1. The van der Waals surface area contributed by atoms with Crippen molar-refractivity contribution in [2.24, 2.45) is 0 Å². The van der Waals surface area contributed by atoms with E-state index >= 15 is 0 Å². The Kier molecular flexibility index (Phi) is 5.12. The molecule has 2 heterocycles. The number of ether oxygens (including phenoxy) is 1. The lowest BCUT2D eigenvalue weighted by atomic mass is 10.2. The second-order valence-corrected chi connectivity index (χ2v) is 7.24. The Balaban J connectivity index is 2.17. The van der Waals surface area contributed by atoms with Gasteiger partial charge >= 0.3 is 5.97 Å². The highest BCUT2D eigenvalue weighted by Crippen LogP contribution is 2.21. The molecule has 0 saturated carbocycles. The van der Waals surface area contributed by atoms with E-state index in [1.54, 1.807) is 13.0 Å². The minimum Gasteiger partial charge on any atom is -0.464 e. The lowest BCUT2D eigenvalue weighted by Gasteiger charge is -2.18. The Morgan fingerprint density at radius 3 is 2.95 bits per heavy atom. The van der Waals surface area contributed by atoms with Gasteiger partial charge in [0.25, 0.3) is 0 Å². The number of nitrogens with one attached hydrogen (secondary N) is 1. The molecule has 2 rings (SSSR count). The molecule has 0 radical (unpaired) electrons. The second kappa shape index (κ2) is 6.69. The van der Waals surface area contributed by atoms with E-state index in [1.165, 1.54) is 30.5 Å². The summed E-state index contributed by atoms with van der Waals surface area (Å²) >= 11 is 1.38. The molecule has 0 aliphatic heterocycles. The fourth-order valence-corrected chi connectivity index (χ4v) is 3.86. The number of aliphatic hydroxyl groups is 1. The molecule has 0 aromatic carbocycles. The summed E-state index contributed by atoms with van der Waals surface area (Å²) < 4.78 is 32.2. The number of aliphatic hydroxyl groups excluding tert-OH is 1. The Morgan fingerprint density at radius 2 is 2.27 bits per heavy atom. The van der Waals surface area contributed by atoms with Gasteiger partial charge < -0.3 is 9.84 Å². The monoisotopic (exact) mass is 344 g/mol. The summed E-state index contributed by atoms with van der Waals surface area (Å²) in [6, 6.07) is 2.26. The maximum atomic E-state index is 12.3. The maximum Gasteiger partial charge on any atom is 0.336 e. The molecule has 22 heavy (non-hydrogen) atoms. The Morgan fingerprint density at radius 1 is 1.55 bits per heavy atom. The molecule has 9 heteroatoms. The molecule has 2 aromatic rings. The Hall–Kier alpha value is -1.55. The molecule has 0 fully saturated rings. The fourth-order valence-electron chi connectivity index (χ4n) is 1.78. The molecular weight excluding hydrogens is 328 g/mol. The quantitative estimate of drug-likeness (QED) is 0.754. The van der Waals surface area contributed by atoms with Crippen LogP contribution in [-0.4, -0.2) is 43.2 Å². The third kappa shape index (κ3) is 3.61. The zero-order chi connectivity index (χ0) is 16.3. The van der Waals surface area contributed by atoms with Gasteiger partial charge in [0, 0.05) is 6.20 Å². The molecule has 2 N–H and O–H groups in total. The smallest absolute Gasteiger partial charge is 0.336 e. The molecular formula is C13H16N2O5S2. The van der Waals surface area contributed by atoms with Crippen LogP contribution in [0.4, 0.5) is 0 Å². The van der Waals surface area contributed by atoms with Gasteiger partial charge in [-0.1, -0.05) is 0 Å². The zero-order valence-electron chi connectivity index (χ0n) is 12.0. The van der Waals surface area contributed by atoms with Crippen LogP contribution in [0.15, 0.2) is 28.6 Å². The number of thiophene rings is 1. The van der Waals surface area contributed by atoms with Gasteiger partial charge in [-0.3, -0.25) is 4.98 Å². The minimum atomic E-state index is -3.90. The number of aromatic nitrogens is 1. The number of esters is 1. The largest absolute Gasteiger partial charge is 0.464 e. The number of hydrogen-bond acceptors (Lipinski definition) is 7. The summed E-state index contributed by atoms with van der Waals surface area (Å²) in [5, 5.41) is 11.6. The van der Waals surface area contributed by atoms with Gasteiger partial charge in [0.05, 0.1) is 22.9 Å². The highest BCUT2D eigenvalue weighted by Gasteiger charge is 2.28. The summed E-state index contributed by atoms with van der Waals surface area (Å²) in [5.41, 5.74) is 0.712. The van der Waals surface area contributed by atoms with Gasteiger partial charge in [0.15, 0.2) is 6.10 Å². The third-order valence-corrected chi connectivity index (χ3v) is 5.31. The second-order valence-electron chi connectivity index (χ2n) is 4.58. The number of pyridine rings is 1. The van der Waals surface area contributed by atoms with E-state index in [1.807, 2.05) is 5.38 Å². The van der Waals surface area contributed by atoms with Crippen molar-refractivity contribution < 1.29 is 23.1 Å². The molecule has 2 aromatic heterocycles. The van der Waals surface area contributed by atoms with Gasteiger partial charge in [-0.25, -0.2) is 17.9 Å². The summed E-state index contributed by atoms with van der Waals surface area (Å²) in [6.45, 7) is 3.09. The fraction of sp³-hybridized carbons (Fsp3) is 0.385. The van der Waals surface area contributed by atoms with Crippen molar-refractivity contribution in [2.45, 2.75) is 30.9 Å². The van der Waals surface area contributed by atoms with E-state index < -0.39 is 28.1 Å². The van der Waals surface area contributed by atoms with Crippen molar-refractivity contribution in [1.82, 2.24) is 9.71 Å². The van der Waals surface area contributed by atoms with Gasteiger partial charge in [0.1, 0.15) is 4.90 Å². The van der Waals surface area contributed by atoms with Gasteiger partial charge in [-0.15, -0.1) is 11.3 Å². The van der Waals surface area contributed by atoms with E-state index in [-0.39, 0.29) is 11.5 Å². The highest BCUT2D eigenvalue weighted by atomic mass is 32.2. The van der Waals surface area contributed by atoms with Crippen LogP contribution in [0.25, 0.3) is 10.2 Å². The van der Waals surface area contributed by atoms with Crippen LogP contribution in [0.5, 0.6) is 0 Å². The van der Waals surface area contributed by atoms with Crippen LogP contribution in [-0.2, 0) is 19.6 Å². The van der Waals surface area contributed by atoms with Crippen molar-refractivity contribution in [1.29, 1.82) is 0 Å². The molecule has 7 nitrogen and oxygen atoms in total. The van der Waals surface area contributed by atoms with E-state index in [4.69, 9.17) is 0 Å². The molecule has 0 aliphatic rings. The Bertz CT molecular complexity index is 772. The molecule has 2 unspecified atom stereocenters. The summed E-state index contributed by atoms with van der Waals surface area (Å²) in [4.78, 5) is 15.5. The number of rotatable bonds is 6. The molecule has 0 saturated heterocycles. The predicted octanol–water partition coefficient (Wildman–Crippen LogP) is 0.887. The first-order valence-corrected chi connectivity index (χ1v) is 8.91. The number of nitrogens with zero attached hydrogens (tertiary/aromatic N) is 1. The van der Waals surface area contributed by atoms with Crippen LogP contribution in [0.2, 0.25) is 0 Å². The molecule has 0 spiro atoms. The van der Waals surface area contributed by atoms with Crippen molar-refractivity contribution in [2.75, 3.05) is 6.61 Å². The first-order chi connectivity index (χ1) is 10.3. The number of fused-ring (bicyclic) bond motifs is 1. The average molecular weight is 344 g/mol. The number of carbonyl (C=O) groups is 1. The van der Waals surface area contributed by atoms with E-state index in [9.17, 15) is 18.3 Å². The SMILES string of the molecule is CCOC(=O)C(O)C(C)NS(=O)(=O)c1cnc2ccsc2c1. The van der Waals surface area contributed by atoms with Crippen LogP contribution in [0, 0.1) is 0 Å². The predicted molar refractivity (Wildman–Crippen MR) is 82.0 cm³/mol. The number of hydrogen-bond donors (Lipinski definition) is 2. The maximum absolute atomic E-state index is 12.3. The Labute approximate surface area is 132 Å². The summed E-state index contributed by atoms with van der Waals surface area (Å²) in [6.07, 6.45) is -0.339. The molecule has 0 bridgehead atoms. The number of carbonyl (C=O) groups excluding carboxylic acids is 1. The first kappa shape index (κ1) is 16.8. The van der Waals surface area contributed by atoms with Gasteiger partial charge in [0.2, 0.25) is 10.0 Å². The van der Waals surface area contributed by atoms with Crippen molar-refractivity contribution in [3.63, 3.8) is 0 Å². The van der Waals surface area contributed by atoms with Crippen LogP contribution >= 0.6 is 11.3 Å². The van der Waals surface area contributed by atoms with E-state index in [0.717, 1.165) is 4.70 Å². The molecule has 2 atom stereocenters. The summed E-state index contributed by atoms with van der Waals surface area (Å²) in [5.74, 6) is -0.871. The van der Waals surface area contributed by atoms with Crippen LogP contribution in [0.1, 0.15) is 13.8 Å². The normalized spacial score (nSPS) is 14.7. The first-order valence-electron chi connectivity index (χ1n) is 6.55. The van der Waals surface area contributed by atoms with Crippen molar-refractivity contribution >= 4 is 37.5 Å². The summed E-state index contributed by atoms with van der Waals surface area (Å²) in [7, 11) is -3.90. The zero-order valence-corrected chi connectivity index (χ0v) is 13.6. The topological polar surface area (TPSA) is 106 Å². The molecule has 0 amide bonds. The standard InChI is InChI=1S/C13H16N2O5S2/c1-3-20-13(17)12(16)8(2)15-22(18,19)9-6-11-10(14-7-9)4-5-21-11/h4-8,12,15-16H,3H2,1-2H3. The third-order valence-electron chi connectivity index (χ3n) is 2.93. The van der Waals surface area contributed by atoms with Crippen LogP contribution < -0.4 is 4.72 Å². The van der Waals surface area contributed by atoms with Gasteiger partial charge in [-0.05, 0) is 31.4 Å². The minimum absolute atomic E-state index is 0.0228. The lowest BCUT2D eigenvalue weighted by Crippen LogP contribution is -2.45. The molecule has 0 aliphatic carbocycles. The molecule has 120 valence electrons. The van der Waals surface area contributed by atoms with Crippen molar-refractivity contribution in [3.8, 4) is 0 Å². The highest BCUT2D eigenvalue weighted by molar-refractivity contribution is 7.89. The van der Waals surface area contributed by atoms with E-state index in [0.29, 0.717) is 5.52 Å². The average Bonchev–Trinajstić information content (AvgIpc) is 2.93.